The average molecular weight is 285 g/mol. The topological polar surface area (TPSA) is 49.5 Å². The number of nitrogens with two attached hydrogens (primary N) is 1. The maximum atomic E-state index is 9.90. The van der Waals surface area contributed by atoms with E-state index in [2.05, 4.69) is 20.8 Å². The molecule has 0 aliphatic carbocycles. The molecule has 3 N–H and O–H groups in total. The van der Waals surface area contributed by atoms with Gasteiger partial charge >= 0.3 is 0 Å². The van der Waals surface area contributed by atoms with Crippen molar-refractivity contribution in [1.82, 2.24) is 4.90 Å². The van der Waals surface area contributed by atoms with E-state index in [1.165, 1.54) is 0 Å². The molecule has 0 spiro atoms. The molecule has 1 unspecified atom stereocenters. The number of anilines is 1. The lowest BCUT2D eigenvalue weighted by Crippen LogP contribution is -2.29. The van der Waals surface area contributed by atoms with Crippen molar-refractivity contribution < 1.29 is 5.11 Å². The summed E-state index contributed by atoms with van der Waals surface area (Å²) in [6.07, 6.45) is 0.831. The Morgan fingerprint density at radius 2 is 2.31 bits per heavy atom. The van der Waals surface area contributed by atoms with Gasteiger partial charge in [0, 0.05) is 35.4 Å². The minimum absolute atomic E-state index is 0.546. The number of hydrogen-bond acceptors (Lipinski definition) is 3. The van der Waals surface area contributed by atoms with Crippen LogP contribution >= 0.6 is 15.9 Å². The van der Waals surface area contributed by atoms with Crippen LogP contribution in [0.3, 0.4) is 0 Å². The Bertz CT molecular complexity index is 372. The standard InChI is InChI=1S/C12H17BrN2O/c1-12(16)5-6-15(8-12)7-9-10(13)3-2-4-11(9)14/h2-4,16H,5-8,14H2,1H3. The summed E-state index contributed by atoms with van der Waals surface area (Å²) in [5, 5.41) is 9.90. The fourth-order valence-electron chi connectivity index (χ4n) is 2.14. The Kier molecular flexibility index (Phi) is 3.24. The van der Waals surface area contributed by atoms with Crippen molar-refractivity contribution in [2.24, 2.45) is 0 Å². The lowest BCUT2D eigenvalue weighted by atomic mass is 10.1. The molecule has 4 heteroatoms. The van der Waals surface area contributed by atoms with Gasteiger partial charge in [-0.1, -0.05) is 22.0 Å². The highest BCUT2D eigenvalue weighted by atomic mass is 79.9. The third-order valence-corrected chi connectivity index (χ3v) is 3.81. The first-order chi connectivity index (χ1) is 7.48. The third kappa shape index (κ3) is 2.56. The van der Waals surface area contributed by atoms with Crippen LogP contribution in [-0.4, -0.2) is 28.7 Å². The monoisotopic (exact) mass is 284 g/mol. The fraction of sp³-hybridized carbons (Fsp3) is 0.500. The molecule has 2 rings (SSSR count). The largest absolute Gasteiger partial charge is 0.398 e. The van der Waals surface area contributed by atoms with Gasteiger partial charge in [-0.25, -0.2) is 0 Å². The number of β-amino-alcohol motifs (C(OH)–C–C–N with tert-alkyl or cyclic N) is 1. The average Bonchev–Trinajstić information content (AvgIpc) is 2.52. The predicted octanol–water partition coefficient (Wildman–Crippen LogP) is 1.99. The smallest absolute Gasteiger partial charge is 0.0758 e. The number of likely N-dealkylation sites (tertiary alicyclic amines) is 1. The molecule has 1 saturated heterocycles. The van der Waals surface area contributed by atoms with Crippen molar-refractivity contribution >= 4 is 21.6 Å². The molecule has 0 bridgehead atoms. The molecule has 16 heavy (non-hydrogen) atoms. The lowest BCUT2D eigenvalue weighted by Gasteiger charge is -2.20. The predicted molar refractivity (Wildman–Crippen MR) is 69.1 cm³/mol. The third-order valence-electron chi connectivity index (χ3n) is 3.07. The van der Waals surface area contributed by atoms with Crippen LogP contribution in [0.1, 0.15) is 18.9 Å². The molecule has 1 fully saturated rings. The van der Waals surface area contributed by atoms with E-state index in [1.807, 2.05) is 25.1 Å². The van der Waals surface area contributed by atoms with E-state index in [-0.39, 0.29) is 0 Å². The summed E-state index contributed by atoms with van der Waals surface area (Å²) in [5.41, 5.74) is 7.32. The van der Waals surface area contributed by atoms with E-state index in [4.69, 9.17) is 5.73 Å². The zero-order chi connectivity index (χ0) is 11.8. The summed E-state index contributed by atoms with van der Waals surface area (Å²) in [5.74, 6) is 0. The molecule has 1 aromatic rings. The van der Waals surface area contributed by atoms with Crippen LogP contribution in [0.2, 0.25) is 0 Å². The normalized spacial score (nSPS) is 26.2. The maximum Gasteiger partial charge on any atom is 0.0758 e. The van der Waals surface area contributed by atoms with Crippen molar-refractivity contribution in [3.05, 3.63) is 28.2 Å². The quantitative estimate of drug-likeness (QED) is 0.817. The summed E-state index contributed by atoms with van der Waals surface area (Å²) in [6.45, 7) is 4.32. The number of nitrogens with zero attached hydrogens (tertiary/aromatic N) is 1. The molecule has 1 atom stereocenters. The van der Waals surface area contributed by atoms with Gasteiger partial charge in [0.2, 0.25) is 0 Å². The molecule has 1 aliphatic heterocycles. The second-order valence-electron chi connectivity index (χ2n) is 4.77. The molecule has 0 saturated carbocycles. The lowest BCUT2D eigenvalue weighted by molar-refractivity contribution is 0.0679. The van der Waals surface area contributed by atoms with Crippen LogP contribution in [0.15, 0.2) is 22.7 Å². The van der Waals surface area contributed by atoms with Crippen LogP contribution in [0.25, 0.3) is 0 Å². The van der Waals surface area contributed by atoms with Crippen LogP contribution in [-0.2, 0) is 6.54 Å². The second kappa shape index (κ2) is 4.35. The highest BCUT2D eigenvalue weighted by Crippen LogP contribution is 2.27. The molecule has 1 heterocycles. The number of aliphatic hydroxyl groups is 1. The summed E-state index contributed by atoms with van der Waals surface area (Å²) in [4.78, 5) is 2.23. The van der Waals surface area contributed by atoms with Gasteiger partial charge in [0.15, 0.2) is 0 Å². The maximum absolute atomic E-state index is 9.90. The summed E-state index contributed by atoms with van der Waals surface area (Å²) in [7, 11) is 0. The molecule has 3 nitrogen and oxygen atoms in total. The molecule has 0 radical (unpaired) electrons. The minimum atomic E-state index is -0.546. The van der Waals surface area contributed by atoms with Crippen LogP contribution in [0.4, 0.5) is 5.69 Å². The van der Waals surface area contributed by atoms with Gasteiger partial charge in [0.25, 0.3) is 0 Å². The van der Waals surface area contributed by atoms with Crippen molar-refractivity contribution in [1.29, 1.82) is 0 Å². The highest BCUT2D eigenvalue weighted by Gasteiger charge is 2.31. The Morgan fingerprint density at radius 1 is 1.56 bits per heavy atom. The molecular weight excluding hydrogens is 268 g/mol. The number of halogens is 1. The second-order valence-corrected chi connectivity index (χ2v) is 5.62. The molecule has 0 aromatic heterocycles. The first-order valence-electron chi connectivity index (χ1n) is 5.45. The zero-order valence-corrected chi connectivity index (χ0v) is 11.0. The van der Waals surface area contributed by atoms with Crippen LogP contribution in [0, 0.1) is 0 Å². The summed E-state index contributed by atoms with van der Waals surface area (Å²) in [6, 6.07) is 5.84. The molecule has 88 valence electrons. The molecule has 1 aliphatic rings. The Balaban J connectivity index is 2.11. The first kappa shape index (κ1) is 11.9. The SMILES string of the molecule is CC1(O)CCN(Cc2c(N)cccc2Br)C1. The van der Waals surface area contributed by atoms with E-state index >= 15 is 0 Å². The summed E-state index contributed by atoms with van der Waals surface area (Å²) >= 11 is 3.51. The van der Waals surface area contributed by atoms with E-state index in [0.717, 1.165) is 35.2 Å². The van der Waals surface area contributed by atoms with Crippen molar-refractivity contribution in [2.45, 2.75) is 25.5 Å². The Hall–Kier alpha value is -0.580. The fourth-order valence-corrected chi connectivity index (χ4v) is 2.65. The van der Waals surface area contributed by atoms with E-state index in [0.29, 0.717) is 6.54 Å². The summed E-state index contributed by atoms with van der Waals surface area (Å²) < 4.78 is 1.04. The van der Waals surface area contributed by atoms with Gasteiger partial charge < -0.3 is 10.8 Å². The number of benzene rings is 1. The van der Waals surface area contributed by atoms with E-state index in [9.17, 15) is 5.11 Å². The van der Waals surface area contributed by atoms with Crippen molar-refractivity contribution in [3.8, 4) is 0 Å². The van der Waals surface area contributed by atoms with Gasteiger partial charge in [-0.05, 0) is 25.5 Å². The van der Waals surface area contributed by atoms with Gasteiger partial charge in [-0.15, -0.1) is 0 Å². The van der Waals surface area contributed by atoms with Crippen molar-refractivity contribution in [3.63, 3.8) is 0 Å². The van der Waals surface area contributed by atoms with Gasteiger partial charge in [0.1, 0.15) is 0 Å². The van der Waals surface area contributed by atoms with Crippen molar-refractivity contribution in [2.75, 3.05) is 18.8 Å². The van der Waals surface area contributed by atoms with E-state index < -0.39 is 5.60 Å². The number of rotatable bonds is 2. The minimum Gasteiger partial charge on any atom is -0.398 e. The first-order valence-corrected chi connectivity index (χ1v) is 6.25. The van der Waals surface area contributed by atoms with Gasteiger partial charge in [-0.2, -0.15) is 0 Å². The highest BCUT2D eigenvalue weighted by molar-refractivity contribution is 9.10. The van der Waals surface area contributed by atoms with Crippen LogP contribution < -0.4 is 5.73 Å². The zero-order valence-electron chi connectivity index (χ0n) is 9.41. The van der Waals surface area contributed by atoms with Crippen LogP contribution in [0.5, 0.6) is 0 Å². The van der Waals surface area contributed by atoms with Gasteiger partial charge in [-0.3, -0.25) is 4.90 Å². The Morgan fingerprint density at radius 3 is 2.88 bits per heavy atom. The molecule has 1 aromatic carbocycles. The van der Waals surface area contributed by atoms with E-state index in [1.54, 1.807) is 0 Å². The number of nitrogen functional groups attached to an aromatic ring is 1. The molecule has 0 amide bonds. The number of hydrogen-bond donors (Lipinski definition) is 2. The molecular formula is C12H17BrN2O. The Labute approximate surface area is 104 Å². The van der Waals surface area contributed by atoms with Gasteiger partial charge in [0.05, 0.1) is 5.60 Å².